The van der Waals surface area contributed by atoms with Crippen LogP contribution in [0, 0.1) is 0 Å². The molecule has 0 aliphatic carbocycles. The highest BCUT2D eigenvalue weighted by atomic mass is 32.1. The lowest BCUT2D eigenvalue weighted by molar-refractivity contribution is 0.211. The van der Waals surface area contributed by atoms with Crippen LogP contribution in [0.2, 0.25) is 0 Å². The zero-order chi connectivity index (χ0) is 9.97. The van der Waals surface area contributed by atoms with Crippen molar-refractivity contribution in [1.82, 2.24) is 14.5 Å². The van der Waals surface area contributed by atoms with Gasteiger partial charge < -0.3 is 9.67 Å². The maximum atomic E-state index is 9.86. The summed E-state index contributed by atoms with van der Waals surface area (Å²) in [5.41, 5.74) is 3.02. The Bertz CT molecular complexity index is 396. The third-order valence-electron chi connectivity index (χ3n) is 2.03. The number of aliphatic hydroxyl groups excluding tert-OH is 1. The van der Waals surface area contributed by atoms with Gasteiger partial charge in [-0.15, -0.1) is 11.3 Å². The summed E-state index contributed by atoms with van der Waals surface area (Å²) in [7, 11) is 0. The topological polar surface area (TPSA) is 50.9 Å². The molecule has 0 fully saturated rings. The molecule has 2 aromatic rings. The lowest BCUT2D eigenvalue weighted by atomic mass is 10.2. The minimum absolute atomic E-state index is 0.651. The van der Waals surface area contributed by atoms with Crippen molar-refractivity contribution in [2.24, 2.45) is 0 Å². The molecule has 14 heavy (non-hydrogen) atoms. The van der Waals surface area contributed by atoms with Crippen LogP contribution < -0.4 is 0 Å². The highest BCUT2D eigenvalue weighted by molar-refractivity contribution is 7.07. The van der Waals surface area contributed by atoms with Crippen LogP contribution >= 0.6 is 11.3 Å². The number of nitrogens with zero attached hydrogens (tertiary/aromatic N) is 3. The number of rotatable bonds is 3. The SMILES string of the molecule is CCn1cnc(C(O)c2cscn2)c1. The monoisotopic (exact) mass is 209 g/mol. The second-order valence-electron chi connectivity index (χ2n) is 2.94. The van der Waals surface area contributed by atoms with E-state index in [1.807, 2.05) is 23.1 Å². The largest absolute Gasteiger partial charge is 0.380 e. The van der Waals surface area contributed by atoms with Gasteiger partial charge in [0.05, 0.1) is 23.2 Å². The van der Waals surface area contributed by atoms with Crippen molar-refractivity contribution in [2.45, 2.75) is 19.6 Å². The van der Waals surface area contributed by atoms with Gasteiger partial charge in [-0.05, 0) is 6.92 Å². The summed E-state index contributed by atoms with van der Waals surface area (Å²) in [6.07, 6.45) is 2.85. The predicted molar refractivity (Wildman–Crippen MR) is 54.1 cm³/mol. The third-order valence-corrected chi connectivity index (χ3v) is 2.63. The molecule has 2 heterocycles. The van der Waals surface area contributed by atoms with E-state index in [-0.39, 0.29) is 0 Å². The quantitative estimate of drug-likeness (QED) is 0.832. The molecule has 1 atom stereocenters. The van der Waals surface area contributed by atoms with Gasteiger partial charge >= 0.3 is 0 Å². The van der Waals surface area contributed by atoms with E-state index >= 15 is 0 Å². The summed E-state index contributed by atoms with van der Waals surface area (Å²) in [4.78, 5) is 8.17. The molecule has 0 radical (unpaired) electrons. The van der Waals surface area contributed by atoms with Gasteiger partial charge in [0.1, 0.15) is 6.10 Å². The van der Waals surface area contributed by atoms with Crippen molar-refractivity contribution in [1.29, 1.82) is 0 Å². The Kier molecular flexibility index (Phi) is 2.60. The Morgan fingerprint density at radius 3 is 2.93 bits per heavy atom. The number of aromatic nitrogens is 3. The Hall–Kier alpha value is -1.20. The van der Waals surface area contributed by atoms with E-state index in [1.54, 1.807) is 11.8 Å². The highest BCUT2D eigenvalue weighted by Crippen LogP contribution is 2.19. The summed E-state index contributed by atoms with van der Waals surface area (Å²) in [5.74, 6) is 0. The first-order chi connectivity index (χ1) is 6.81. The van der Waals surface area contributed by atoms with Crippen LogP contribution in [-0.4, -0.2) is 19.6 Å². The number of aryl methyl sites for hydroxylation is 1. The molecule has 0 amide bonds. The van der Waals surface area contributed by atoms with Gasteiger partial charge in [-0.1, -0.05) is 0 Å². The normalized spacial score (nSPS) is 13.0. The number of imidazole rings is 1. The van der Waals surface area contributed by atoms with E-state index in [0.29, 0.717) is 11.4 Å². The second-order valence-corrected chi connectivity index (χ2v) is 3.66. The fourth-order valence-corrected chi connectivity index (χ4v) is 1.77. The highest BCUT2D eigenvalue weighted by Gasteiger charge is 2.14. The van der Waals surface area contributed by atoms with Gasteiger partial charge in [0.2, 0.25) is 0 Å². The third kappa shape index (κ3) is 1.69. The molecule has 4 nitrogen and oxygen atoms in total. The van der Waals surface area contributed by atoms with Crippen molar-refractivity contribution in [2.75, 3.05) is 0 Å². The smallest absolute Gasteiger partial charge is 0.140 e. The van der Waals surface area contributed by atoms with Crippen LogP contribution in [-0.2, 0) is 6.54 Å². The molecule has 0 saturated carbocycles. The van der Waals surface area contributed by atoms with E-state index in [2.05, 4.69) is 9.97 Å². The van der Waals surface area contributed by atoms with Crippen LogP contribution in [0.4, 0.5) is 0 Å². The first-order valence-corrected chi connectivity index (χ1v) is 5.33. The molecule has 0 aliphatic rings. The van der Waals surface area contributed by atoms with E-state index in [1.165, 1.54) is 11.3 Å². The van der Waals surface area contributed by atoms with Crippen molar-refractivity contribution in [3.8, 4) is 0 Å². The van der Waals surface area contributed by atoms with E-state index in [9.17, 15) is 5.11 Å². The molecule has 0 saturated heterocycles. The molecule has 1 unspecified atom stereocenters. The van der Waals surface area contributed by atoms with Crippen LogP contribution in [0.1, 0.15) is 24.4 Å². The molecule has 0 spiro atoms. The van der Waals surface area contributed by atoms with E-state index < -0.39 is 6.10 Å². The zero-order valence-electron chi connectivity index (χ0n) is 7.79. The van der Waals surface area contributed by atoms with Crippen molar-refractivity contribution < 1.29 is 5.11 Å². The summed E-state index contributed by atoms with van der Waals surface area (Å²) < 4.78 is 1.92. The number of thiazole rings is 1. The first kappa shape index (κ1) is 9.36. The summed E-state index contributed by atoms with van der Waals surface area (Å²) >= 11 is 1.47. The van der Waals surface area contributed by atoms with Gasteiger partial charge in [0.25, 0.3) is 0 Å². The summed E-state index contributed by atoms with van der Waals surface area (Å²) in [6, 6.07) is 0. The van der Waals surface area contributed by atoms with Crippen LogP contribution in [0.15, 0.2) is 23.4 Å². The van der Waals surface area contributed by atoms with Gasteiger partial charge in [0, 0.05) is 18.1 Å². The zero-order valence-corrected chi connectivity index (χ0v) is 8.61. The minimum atomic E-state index is -0.700. The first-order valence-electron chi connectivity index (χ1n) is 4.39. The molecule has 2 rings (SSSR count). The Morgan fingerprint density at radius 2 is 2.36 bits per heavy atom. The lowest BCUT2D eigenvalue weighted by Crippen LogP contribution is -2.00. The number of hydrogen-bond donors (Lipinski definition) is 1. The second kappa shape index (κ2) is 3.89. The predicted octanol–water partition coefficient (Wildman–Crippen LogP) is 1.44. The molecule has 1 N–H and O–H groups in total. The van der Waals surface area contributed by atoms with Crippen LogP contribution in [0.5, 0.6) is 0 Å². The Labute approximate surface area is 85.9 Å². The van der Waals surface area contributed by atoms with Crippen molar-refractivity contribution in [3.05, 3.63) is 34.8 Å². The summed E-state index contributed by atoms with van der Waals surface area (Å²) in [5, 5.41) is 11.7. The fraction of sp³-hybridized carbons (Fsp3) is 0.333. The van der Waals surface area contributed by atoms with Gasteiger partial charge in [-0.3, -0.25) is 0 Å². The maximum absolute atomic E-state index is 9.86. The lowest BCUT2D eigenvalue weighted by Gasteiger charge is -2.02. The van der Waals surface area contributed by atoms with E-state index in [0.717, 1.165) is 6.54 Å². The van der Waals surface area contributed by atoms with Crippen LogP contribution in [0.25, 0.3) is 0 Å². The molecule has 74 valence electrons. The van der Waals surface area contributed by atoms with Gasteiger partial charge in [-0.25, -0.2) is 9.97 Å². The Balaban J connectivity index is 2.23. The van der Waals surface area contributed by atoms with E-state index in [4.69, 9.17) is 0 Å². The minimum Gasteiger partial charge on any atom is -0.380 e. The molecule has 0 bridgehead atoms. The molecule has 0 aromatic carbocycles. The summed E-state index contributed by atoms with van der Waals surface area (Å²) in [6.45, 7) is 2.89. The van der Waals surface area contributed by atoms with Gasteiger partial charge in [0.15, 0.2) is 0 Å². The fourth-order valence-electron chi connectivity index (χ4n) is 1.20. The van der Waals surface area contributed by atoms with Crippen LogP contribution in [0.3, 0.4) is 0 Å². The molecule has 5 heteroatoms. The van der Waals surface area contributed by atoms with Gasteiger partial charge in [-0.2, -0.15) is 0 Å². The number of aliphatic hydroxyl groups is 1. The average molecular weight is 209 g/mol. The average Bonchev–Trinajstić information content (AvgIpc) is 2.88. The molecule has 0 aliphatic heterocycles. The number of hydrogen-bond acceptors (Lipinski definition) is 4. The van der Waals surface area contributed by atoms with Crippen molar-refractivity contribution in [3.63, 3.8) is 0 Å². The Morgan fingerprint density at radius 1 is 1.50 bits per heavy atom. The maximum Gasteiger partial charge on any atom is 0.140 e. The molecular formula is C9H11N3OS. The molecule has 2 aromatic heterocycles. The molecular weight excluding hydrogens is 198 g/mol. The standard InChI is InChI=1S/C9H11N3OS/c1-2-12-3-7(10-5-12)9(13)8-4-14-6-11-8/h3-6,9,13H,2H2,1H3. The van der Waals surface area contributed by atoms with Crippen molar-refractivity contribution >= 4 is 11.3 Å².